The first-order valence-electron chi connectivity index (χ1n) is 7.62. The van der Waals surface area contributed by atoms with Gasteiger partial charge in [-0.15, -0.1) is 0 Å². The van der Waals surface area contributed by atoms with Gasteiger partial charge >= 0.3 is 5.69 Å². The molecule has 0 unspecified atom stereocenters. The Morgan fingerprint density at radius 2 is 1.67 bits per heavy atom. The summed E-state index contributed by atoms with van der Waals surface area (Å²) in [5.41, 5.74) is 2.74. The van der Waals surface area contributed by atoms with Crippen LogP contribution >= 0.6 is 23.2 Å². The minimum atomic E-state index is -0.523. The topological polar surface area (TPSA) is 68.1 Å². The number of hydrogen-bond acceptors (Lipinski definition) is 4. The van der Waals surface area contributed by atoms with Crippen molar-refractivity contribution in [3.05, 3.63) is 55.7 Å². The molecule has 0 bridgehead atoms. The Labute approximate surface area is 151 Å². The molecule has 0 aliphatic carbocycles. The van der Waals surface area contributed by atoms with E-state index in [0.717, 1.165) is 16.8 Å². The summed E-state index contributed by atoms with van der Waals surface area (Å²) in [5.74, 6) is 0.574. The average Bonchev–Trinajstić information content (AvgIpc) is 2.50. The highest BCUT2D eigenvalue weighted by Gasteiger charge is 2.22. The number of hydrogen-bond donors (Lipinski definition) is 1. The molecular weight excluding hydrogens is 349 g/mol. The molecule has 1 heterocycles. The Hall–Kier alpha value is -1.85. The maximum Gasteiger partial charge on any atom is 0.313 e. The third-order valence-corrected chi connectivity index (χ3v) is 4.40. The number of benzene rings is 1. The lowest BCUT2D eigenvalue weighted by atomic mass is 9.92. The van der Waals surface area contributed by atoms with Crippen molar-refractivity contribution >= 4 is 40.4 Å². The minimum absolute atomic E-state index is 0.0258. The fourth-order valence-electron chi connectivity index (χ4n) is 2.50. The highest BCUT2D eigenvalue weighted by atomic mass is 35.5. The predicted octanol–water partition coefficient (Wildman–Crippen LogP) is 6.29. The smallest absolute Gasteiger partial charge is 0.313 e. The largest absolute Gasteiger partial charge is 0.334 e. The fourth-order valence-corrected chi connectivity index (χ4v) is 2.79. The summed E-state index contributed by atoms with van der Waals surface area (Å²) in [6.45, 7) is 8.28. The van der Waals surface area contributed by atoms with Crippen LogP contribution < -0.4 is 5.32 Å². The van der Waals surface area contributed by atoms with E-state index >= 15 is 0 Å². The molecule has 0 aliphatic heterocycles. The zero-order valence-electron chi connectivity index (χ0n) is 13.9. The van der Waals surface area contributed by atoms with Crippen LogP contribution in [0.25, 0.3) is 0 Å². The van der Waals surface area contributed by atoms with Crippen molar-refractivity contribution in [1.29, 1.82) is 0 Å². The van der Waals surface area contributed by atoms with E-state index in [0.29, 0.717) is 0 Å². The second-order valence-corrected chi connectivity index (χ2v) is 6.90. The molecule has 0 saturated carbocycles. The van der Waals surface area contributed by atoms with E-state index in [4.69, 9.17) is 23.2 Å². The van der Waals surface area contributed by atoms with Gasteiger partial charge in [0.15, 0.2) is 5.15 Å². The van der Waals surface area contributed by atoms with E-state index in [-0.39, 0.29) is 33.5 Å². The molecule has 7 heteroatoms. The van der Waals surface area contributed by atoms with Crippen molar-refractivity contribution in [2.24, 2.45) is 0 Å². The van der Waals surface area contributed by atoms with Crippen LogP contribution in [0.4, 0.5) is 17.2 Å². The summed E-state index contributed by atoms with van der Waals surface area (Å²) < 4.78 is 0. The molecule has 0 atom stereocenters. The lowest BCUT2D eigenvalue weighted by Gasteiger charge is -2.20. The van der Waals surface area contributed by atoms with Gasteiger partial charge in [-0.05, 0) is 23.0 Å². The summed E-state index contributed by atoms with van der Waals surface area (Å²) in [6.07, 6.45) is 0. The molecule has 1 aromatic carbocycles. The van der Waals surface area contributed by atoms with Crippen LogP contribution in [0.2, 0.25) is 10.2 Å². The number of aromatic nitrogens is 1. The Kier molecular flexibility index (Phi) is 5.67. The summed E-state index contributed by atoms with van der Waals surface area (Å²) in [7, 11) is 0. The molecule has 0 amide bonds. The first-order chi connectivity index (χ1) is 11.2. The number of nitro groups is 1. The molecule has 0 spiro atoms. The van der Waals surface area contributed by atoms with Crippen molar-refractivity contribution < 1.29 is 4.92 Å². The molecule has 2 aromatic rings. The SMILES string of the molecule is CC(C)c1cccc(C(C)C)c1Nc1nc(Cl)c(Cl)cc1[N+](=O)[O-]. The summed E-state index contributed by atoms with van der Waals surface area (Å²) in [6, 6.07) is 7.21. The standard InChI is InChI=1S/C17H19Cl2N3O2/c1-9(2)11-6-5-7-12(10(3)4)15(11)20-17-14(22(23)24)8-13(18)16(19)21-17/h5-10H,1-4H3,(H,20,21). The lowest BCUT2D eigenvalue weighted by Crippen LogP contribution is -2.07. The molecule has 5 nitrogen and oxygen atoms in total. The molecule has 128 valence electrons. The maximum absolute atomic E-state index is 11.3. The van der Waals surface area contributed by atoms with E-state index in [1.807, 2.05) is 18.2 Å². The zero-order valence-corrected chi connectivity index (χ0v) is 15.4. The van der Waals surface area contributed by atoms with Gasteiger partial charge in [0.1, 0.15) is 0 Å². The van der Waals surface area contributed by atoms with E-state index in [1.54, 1.807) is 0 Å². The maximum atomic E-state index is 11.3. The van der Waals surface area contributed by atoms with E-state index < -0.39 is 4.92 Å². The number of para-hydroxylation sites is 1. The monoisotopic (exact) mass is 367 g/mol. The minimum Gasteiger partial charge on any atom is -0.334 e. The van der Waals surface area contributed by atoms with Gasteiger partial charge in [-0.3, -0.25) is 10.1 Å². The summed E-state index contributed by atoms with van der Waals surface area (Å²) in [5, 5.41) is 14.5. The van der Waals surface area contributed by atoms with Crippen molar-refractivity contribution in [1.82, 2.24) is 4.98 Å². The van der Waals surface area contributed by atoms with Crippen molar-refractivity contribution in [2.75, 3.05) is 5.32 Å². The van der Waals surface area contributed by atoms with Crippen molar-refractivity contribution in [3.63, 3.8) is 0 Å². The predicted molar refractivity (Wildman–Crippen MR) is 98.8 cm³/mol. The molecule has 0 radical (unpaired) electrons. The number of rotatable bonds is 5. The van der Waals surface area contributed by atoms with Crippen molar-refractivity contribution in [3.8, 4) is 0 Å². The lowest BCUT2D eigenvalue weighted by molar-refractivity contribution is -0.384. The van der Waals surface area contributed by atoms with Crippen molar-refractivity contribution in [2.45, 2.75) is 39.5 Å². The highest BCUT2D eigenvalue weighted by Crippen LogP contribution is 2.38. The molecular formula is C17H19Cl2N3O2. The van der Waals surface area contributed by atoms with E-state index in [1.165, 1.54) is 6.07 Å². The molecule has 0 saturated heterocycles. The van der Waals surface area contributed by atoms with E-state index in [2.05, 4.69) is 38.0 Å². The number of halogens is 2. The molecule has 0 fully saturated rings. The van der Waals surface area contributed by atoms with Gasteiger partial charge in [0.2, 0.25) is 5.82 Å². The average molecular weight is 368 g/mol. The van der Waals surface area contributed by atoms with Gasteiger partial charge in [-0.1, -0.05) is 69.1 Å². The molecule has 0 aliphatic rings. The quantitative estimate of drug-likeness (QED) is 0.383. The third-order valence-electron chi connectivity index (χ3n) is 3.73. The van der Waals surface area contributed by atoms with Gasteiger partial charge in [0.25, 0.3) is 0 Å². The highest BCUT2D eigenvalue weighted by molar-refractivity contribution is 6.41. The second-order valence-electron chi connectivity index (χ2n) is 6.13. The van der Waals surface area contributed by atoms with Gasteiger partial charge < -0.3 is 5.32 Å². The number of nitrogens with one attached hydrogen (secondary N) is 1. The first kappa shape index (κ1) is 18.5. The summed E-state index contributed by atoms with van der Waals surface area (Å²) in [4.78, 5) is 14.9. The first-order valence-corrected chi connectivity index (χ1v) is 8.38. The van der Waals surface area contributed by atoms with Crippen LogP contribution in [0.1, 0.15) is 50.7 Å². The van der Waals surface area contributed by atoms with E-state index in [9.17, 15) is 10.1 Å². The van der Waals surface area contributed by atoms with Gasteiger partial charge in [-0.25, -0.2) is 4.98 Å². The third kappa shape index (κ3) is 3.79. The Bertz CT molecular complexity index is 750. The fraction of sp³-hybridized carbons (Fsp3) is 0.353. The second kappa shape index (κ2) is 7.36. The van der Waals surface area contributed by atoms with Crippen LogP contribution in [-0.4, -0.2) is 9.91 Å². The van der Waals surface area contributed by atoms with Crippen LogP contribution in [0, 0.1) is 10.1 Å². The molecule has 24 heavy (non-hydrogen) atoms. The van der Waals surface area contributed by atoms with Gasteiger partial charge in [0.05, 0.1) is 9.95 Å². The number of pyridine rings is 1. The van der Waals surface area contributed by atoms with Gasteiger partial charge in [0, 0.05) is 11.8 Å². The molecule has 2 rings (SSSR count). The van der Waals surface area contributed by atoms with Crippen LogP contribution in [0.15, 0.2) is 24.3 Å². The van der Waals surface area contributed by atoms with Crippen LogP contribution in [0.3, 0.4) is 0 Å². The Balaban J connectivity index is 2.63. The Morgan fingerprint density at radius 3 is 2.12 bits per heavy atom. The number of nitrogens with zero attached hydrogens (tertiary/aromatic N) is 2. The zero-order chi connectivity index (χ0) is 18.0. The normalized spacial score (nSPS) is 11.2. The van der Waals surface area contributed by atoms with Crippen LogP contribution in [0.5, 0.6) is 0 Å². The molecule has 1 aromatic heterocycles. The molecule has 1 N–H and O–H groups in total. The van der Waals surface area contributed by atoms with Gasteiger partial charge in [-0.2, -0.15) is 0 Å². The number of anilines is 2. The summed E-state index contributed by atoms with van der Waals surface area (Å²) >= 11 is 11.8. The van der Waals surface area contributed by atoms with Crippen LogP contribution in [-0.2, 0) is 0 Å². The Morgan fingerprint density at radius 1 is 1.12 bits per heavy atom.